The van der Waals surface area contributed by atoms with Gasteiger partial charge in [-0.1, -0.05) is 23.8 Å². The van der Waals surface area contributed by atoms with Crippen molar-refractivity contribution in [3.63, 3.8) is 0 Å². The van der Waals surface area contributed by atoms with Crippen LogP contribution in [0.25, 0.3) is 0 Å². The summed E-state index contributed by atoms with van der Waals surface area (Å²) in [5.74, 6) is -1.13. The summed E-state index contributed by atoms with van der Waals surface area (Å²) in [5, 5.41) is 9.46. The highest BCUT2D eigenvalue weighted by atomic mass is 16.5. The number of aryl methyl sites for hydroxylation is 2. The van der Waals surface area contributed by atoms with Gasteiger partial charge < -0.3 is 14.7 Å². The zero-order valence-corrected chi connectivity index (χ0v) is 12.2. The summed E-state index contributed by atoms with van der Waals surface area (Å²) >= 11 is 0. The van der Waals surface area contributed by atoms with E-state index in [1.54, 1.807) is 4.90 Å². The van der Waals surface area contributed by atoms with Crippen molar-refractivity contribution in [1.29, 1.82) is 0 Å². The molecule has 1 saturated heterocycles. The summed E-state index contributed by atoms with van der Waals surface area (Å²) in [6, 6.07) is 5.51. The van der Waals surface area contributed by atoms with Crippen LogP contribution < -0.4 is 0 Å². The van der Waals surface area contributed by atoms with Gasteiger partial charge in [0, 0.05) is 6.04 Å². The monoisotopic (exact) mass is 289 g/mol. The Bertz CT molecular complexity index is 594. The Kier molecular flexibility index (Phi) is 3.45. The maximum absolute atomic E-state index is 12.2. The second-order valence-corrected chi connectivity index (χ2v) is 5.91. The molecule has 2 aliphatic rings. The number of morpholine rings is 1. The van der Waals surface area contributed by atoms with Crippen LogP contribution in [-0.4, -0.2) is 40.6 Å². The molecule has 1 heterocycles. The zero-order valence-electron chi connectivity index (χ0n) is 12.2. The number of benzene rings is 1. The number of amides is 1. The van der Waals surface area contributed by atoms with Crippen molar-refractivity contribution >= 4 is 11.9 Å². The Labute approximate surface area is 123 Å². The molecule has 5 heteroatoms. The number of rotatable bonds is 3. The van der Waals surface area contributed by atoms with Gasteiger partial charge in [-0.2, -0.15) is 0 Å². The number of hydrogen-bond acceptors (Lipinski definition) is 3. The smallest absolute Gasteiger partial charge is 0.335 e. The predicted molar refractivity (Wildman–Crippen MR) is 75.9 cm³/mol. The second kappa shape index (κ2) is 5.15. The van der Waals surface area contributed by atoms with Crippen molar-refractivity contribution in [2.45, 2.75) is 44.9 Å². The Morgan fingerprint density at radius 3 is 2.62 bits per heavy atom. The van der Waals surface area contributed by atoms with Crippen LogP contribution in [0.1, 0.15) is 35.6 Å². The minimum atomic E-state index is -1.02. The van der Waals surface area contributed by atoms with Crippen LogP contribution >= 0.6 is 0 Å². The van der Waals surface area contributed by atoms with Crippen molar-refractivity contribution in [3.8, 4) is 0 Å². The molecule has 2 unspecified atom stereocenters. The molecule has 1 saturated carbocycles. The lowest BCUT2D eigenvalue weighted by molar-refractivity contribution is -0.174. The molecule has 1 aromatic rings. The molecule has 2 fully saturated rings. The summed E-state index contributed by atoms with van der Waals surface area (Å²) in [5.41, 5.74) is 2.98. The molecule has 1 aromatic carbocycles. The highest BCUT2D eigenvalue weighted by molar-refractivity contribution is 5.83. The van der Waals surface area contributed by atoms with Crippen LogP contribution in [0, 0.1) is 13.8 Å². The van der Waals surface area contributed by atoms with Crippen molar-refractivity contribution in [3.05, 3.63) is 34.9 Å². The van der Waals surface area contributed by atoms with E-state index in [-0.39, 0.29) is 18.6 Å². The largest absolute Gasteiger partial charge is 0.479 e. The number of nitrogens with zero attached hydrogens (tertiary/aromatic N) is 1. The minimum absolute atomic E-state index is 0.111. The molecule has 5 nitrogen and oxygen atoms in total. The molecular weight excluding hydrogens is 270 g/mol. The van der Waals surface area contributed by atoms with E-state index in [1.165, 1.54) is 0 Å². The fourth-order valence-electron chi connectivity index (χ4n) is 3.09. The van der Waals surface area contributed by atoms with E-state index in [4.69, 9.17) is 4.74 Å². The lowest BCUT2D eigenvalue weighted by atomic mass is 9.92. The van der Waals surface area contributed by atoms with Gasteiger partial charge in [0.25, 0.3) is 0 Å². The quantitative estimate of drug-likeness (QED) is 0.921. The molecule has 1 aliphatic heterocycles. The van der Waals surface area contributed by atoms with Crippen LogP contribution in [0.3, 0.4) is 0 Å². The van der Waals surface area contributed by atoms with Crippen molar-refractivity contribution in [2.75, 3.05) is 6.61 Å². The molecule has 1 aliphatic carbocycles. The van der Waals surface area contributed by atoms with E-state index in [2.05, 4.69) is 0 Å². The molecule has 1 N–H and O–H groups in total. The third-order valence-electron chi connectivity index (χ3n) is 4.19. The van der Waals surface area contributed by atoms with Crippen LogP contribution in [0.2, 0.25) is 0 Å². The summed E-state index contributed by atoms with van der Waals surface area (Å²) in [7, 11) is 0. The van der Waals surface area contributed by atoms with Gasteiger partial charge in [-0.05, 0) is 37.8 Å². The highest BCUT2D eigenvalue weighted by Crippen LogP contribution is 2.40. The van der Waals surface area contributed by atoms with Gasteiger partial charge in [-0.3, -0.25) is 4.79 Å². The molecule has 0 aromatic heterocycles. The minimum Gasteiger partial charge on any atom is -0.479 e. The van der Waals surface area contributed by atoms with Gasteiger partial charge in [0.2, 0.25) is 5.91 Å². The van der Waals surface area contributed by atoms with Crippen molar-refractivity contribution < 1.29 is 19.4 Å². The number of carboxylic acids is 1. The maximum atomic E-state index is 12.2. The number of aliphatic carboxylic acids is 1. The lowest BCUT2D eigenvalue weighted by Crippen LogP contribution is -2.52. The van der Waals surface area contributed by atoms with E-state index in [9.17, 15) is 14.7 Å². The summed E-state index contributed by atoms with van der Waals surface area (Å²) in [4.78, 5) is 25.5. The summed E-state index contributed by atoms with van der Waals surface area (Å²) in [6.45, 7) is 3.80. The summed E-state index contributed by atoms with van der Waals surface area (Å²) < 4.78 is 5.32. The molecule has 112 valence electrons. The van der Waals surface area contributed by atoms with E-state index < -0.39 is 18.1 Å². The zero-order chi connectivity index (χ0) is 15.1. The lowest BCUT2D eigenvalue weighted by Gasteiger charge is -2.40. The molecule has 0 spiro atoms. The SMILES string of the molecule is Cc1ccc(C2C(C(=O)O)OCC(=O)N2C2CC2)c(C)c1. The average Bonchev–Trinajstić information content (AvgIpc) is 3.22. The van der Waals surface area contributed by atoms with Crippen LogP contribution in [0.15, 0.2) is 18.2 Å². The van der Waals surface area contributed by atoms with E-state index >= 15 is 0 Å². The predicted octanol–water partition coefficient (Wildman–Crippen LogP) is 1.82. The van der Waals surface area contributed by atoms with Crippen molar-refractivity contribution in [1.82, 2.24) is 4.90 Å². The number of hydrogen-bond donors (Lipinski definition) is 1. The first kappa shape index (κ1) is 14.1. The first-order valence-corrected chi connectivity index (χ1v) is 7.22. The standard InChI is InChI=1S/C16H19NO4/c1-9-3-6-12(10(2)7-9)14-15(16(19)20)21-8-13(18)17(14)11-4-5-11/h3,6-7,11,14-15H,4-5,8H2,1-2H3,(H,19,20). The summed E-state index contributed by atoms with van der Waals surface area (Å²) in [6.07, 6.45) is 0.892. The average molecular weight is 289 g/mol. The number of carbonyl (C=O) groups is 2. The fourth-order valence-corrected chi connectivity index (χ4v) is 3.09. The van der Waals surface area contributed by atoms with Crippen LogP contribution in [-0.2, 0) is 14.3 Å². The van der Waals surface area contributed by atoms with E-state index in [0.29, 0.717) is 0 Å². The normalized spacial score (nSPS) is 26.0. The molecule has 3 rings (SSSR count). The third kappa shape index (κ3) is 2.53. The molecule has 2 atom stereocenters. The number of carbonyl (C=O) groups excluding carboxylic acids is 1. The number of carboxylic acid groups (broad SMARTS) is 1. The van der Waals surface area contributed by atoms with E-state index in [1.807, 2.05) is 32.0 Å². The van der Waals surface area contributed by atoms with Gasteiger partial charge in [-0.25, -0.2) is 4.79 Å². The van der Waals surface area contributed by atoms with Crippen LogP contribution in [0.4, 0.5) is 0 Å². The van der Waals surface area contributed by atoms with Gasteiger partial charge in [-0.15, -0.1) is 0 Å². The highest BCUT2D eigenvalue weighted by Gasteiger charge is 2.47. The van der Waals surface area contributed by atoms with Crippen LogP contribution in [0.5, 0.6) is 0 Å². The van der Waals surface area contributed by atoms with E-state index in [0.717, 1.165) is 29.5 Å². The first-order valence-electron chi connectivity index (χ1n) is 7.22. The van der Waals surface area contributed by atoms with Gasteiger partial charge >= 0.3 is 5.97 Å². The molecule has 1 amide bonds. The molecule has 0 bridgehead atoms. The Morgan fingerprint density at radius 2 is 2.05 bits per heavy atom. The molecule has 21 heavy (non-hydrogen) atoms. The Balaban J connectivity index is 2.06. The van der Waals surface area contributed by atoms with Gasteiger partial charge in [0.05, 0.1) is 6.04 Å². The maximum Gasteiger partial charge on any atom is 0.335 e. The Morgan fingerprint density at radius 1 is 1.33 bits per heavy atom. The second-order valence-electron chi connectivity index (χ2n) is 5.91. The topological polar surface area (TPSA) is 66.8 Å². The first-order chi connectivity index (χ1) is 9.99. The molecular formula is C16H19NO4. The molecule has 0 radical (unpaired) electrons. The van der Waals surface area contributed by atoms with Crippen molar-refractivity contribution in [2.24, 2.45) is 0 Å². The third-order valence-corrected chi connectivity index (χ3v) is 4.19. The number of ether oxygens (including phenoxy) is 1. The van der Waals surface area contributed by atoms with Gasteiger partial charge in [0.15, 0.2) is 6.10 Å². The Hall–Kier alpha value is -1.88. The van der Waals surface area contributed by atoms with Gasteiger partial charge in [0.1, 0.15) is 6.61 Å². The fraction of sp³-hybridized carbons (Fsp3) is 0.500.